The number of benzene rings is 1. The summed E-state index contributed by atoms with van der Waals surface area (Å²) in [7, 11) is 0. The second kappa shape index (κ2) is 6.66. The fraction of sp³-hybridized carbons (Fsp3) is 0.533. The number of ether oxygens (including phenoxy) is 1. The van der Waals surface area contributed by atoms with Crippen molar-refractivity contribution < 1.29 is 9.53 Å². The van der Waals surface area contributed by atoms with Gasteiger partial charge in [-0.15, -0.1) is 0 Å². The third-order valence-electron chi connectivity index (χ3n) is 3.75. The van der Waals surface area contributed by atoms with Gasteiger partial charge in [-0.2, -0.15) is 0 Å². The Morgan fingerprint density at radius 1 is 1.43 bits per heavy atom. The zero-order valence-corrected chi connectivity index (χ0v) is 13.5. The van der Waals surface area contributed by atoms with Crippen molar-refractivity contribution in [1.82, 2.24) is 15.5 Å². The summed E-state index contributed by atoms with van der Waals surface area (Å²) in [4.78, 5) is 13.2. The molecule has 5 nitrogen and oxygen atoms in total. The van der Waals surface area contributed by atoms with E-state index >= 15 is 0 Å². The first-order chi connectivity index (χ1) is 10.2. The maximum Gasteiger partial charge on any atom is 0.317 e. The third kappa shape index (κ3) is 4.11. The van der Waals surface area contributed by atoms with Crippen molar-refractivity contribution in [2.24, 2.45) is 0 Å². The van der Waals surface area contributed by atoms with Crippen molar-refractivity contribution in [3.05, 3.63) is 28.2 Å². The average molecular weight is 354 g/mol. The number of hydrogen-bond acceptors (Lipinski definition) is 3. The molecule has 2 N–H and O–H groups in total. The molecule has 3 rings (SSSR count). The van der Waals surface area contributed by atoms with Gasteiger partial charge in [-0.25, -0.2) is 4.79 Å². The van der Waals surface area contributed by atoms with Gasteiger partial charge in [-0.3, -0.25) is 0 Å². The zero-order chi connectivity index (χ0) is 14.7. The predicted molar refractivity (Wildman–Crippen MR) is 84.5 cm³/mol. The van der Waals surface area contributed by atoms with Gasteiger partial charge in [0.15, 0.2) is 0 Å². The molecular formula is C15H20BrN3O2. The molecule has 0 radical (unpaired) electrons. The molecular weight excluding hydrogens is 334 g/mol. The molecule has 21 heavy (non-hydrogen) atoms. The van der Waals surface area contributed by atoms with E-state index in [9.17, 15) is 4.79 Å². The molecule has 1 aromatic carbocycles. The second-order valence-corrected chi connectivity index (χ2v) is 6.33. The van der Waals surface area contributed by atoms with E-state index in [-0.39, 0.29) is 6.03 Å². The van der Waals surface area contributed by atoms with Crippen molar-refractivity contribution >= 4 is 22.0 Å². The number of halogens is 1. The van der Waals surface area contributed by atoms with E-state index in [0.717, 1.165) is 29.9 Å². The van der Waals surface area contributed by atoms with Gasteiger partial charge in [-0.1, -0.05) is 15.9 Å². The average Bonchev–Trinajstić information content (AvgIpc) is 3.22. The molecule has 0 aromatic heterocycles. The molecule has 2 fully saturated rings. The smallest absolute Gasteiger partial charge is 0.317 e. The van der Waals surface area contributed by atoms with Gasteiger partial charge in [0.2, 0.25) is 0 Å². The molecule has 2 amide bonds. The minimum Gasteiger partial charge on any atom is -0.492 e. The van der Waals surface area contributed by atoms with Crippen LogP contribution in [0.25, 0.3) is 0 Å². The van der Waals surface area contributed by atoms with E-state index in [4.69, 9.17) is 4.74 Å². The lowest BCUT2D eigenvalue weighted by Gasteiger charge is -2.15. The van der Waals surface area contributed by atoms with Crippen LogP contribution < -0.4 is 15.4 Å². The Morgan fingerprint density at radius 3 is 3.00 bits per heavy atom. The number of hydrogen-bond donors (Lipinski definition) is 2. The van der Waals surface area contributed by atoms with Crippen LogP contribution >= 0.6 is 15.9 Å². The first-order valence-electron chi connectivity index (χ1n) is 7.40. The van der Waals surface area contributed by atoms with Crippen LogP contribution in [0.2, 0.25) is 0 Å². The Bertz CT molecular complexity index is 520. The minimum absolute atomic E-state index is 0.00345. The summed E-state index contributed by atoms with van der Waals surface area (Å²) in [5, 5.41) is 6.29. The molecule has 114 valence electrons. The van der Waals surface area contributed by atoms with E-state index in [1.165, 1.54) is 18.4 Å². The van der Waals surface area contributed by atoms with E-state index in [2.05, 4.69) is 32.6 Å². The molecule has 0 atom stereocenters. The molecule has 2 aliphatic rings. The molecule has 1 aliphatic heterocycles. The van der Waals surface area contributed by atoms with Crippen LogP contribution in [-0.2, 0) is 6.54 Å². The van der Waals surface area contributed by atoms with Crippen molar-refractivity contribution in [1.29, 1.82) is 0 Å². The lowest BCUT2D eigenvalue weighted by Crippen LogP contribution is -2.31. The van der Waals surface area contributed by atoms with Crippen molar-refractivity contribution in [2.75, 3.05) is 26.2 Å². The number of amides is 2. The number of carbonyl (C=O) groups excluding carboxylic acids is 1. The topological polar surface area (TPSA) is 53.6 Å². The Kier molecular flexibility index (Phi) is 4.65. The van der Waals surface area contributed by atoms with E-state index in [1.807, 2.05) is 12.1 Å². The first kappa shape index (κ1) is 14.7. The maximum absolute atomic E-state index is 11.4. The Morgan fingerprint density at radius 2 is 2.29 bits per heavy atom. The number of nitrogens with zero attached hydrogens (tertiary/aromatic N) is 1. The predicted octanol–water partition coefficient (Wildman–Crippen LogP) is 2.11. The first-order valence-corrected chi connectivity index (χ1v) is 8.19. The largest absolute Gasteiger partial charge is 0.492 e. The Labute approximate surface area is 133 Å². The SMILES string of the molecule is O=C1NCCN1CCOc1ccc(Br)c(CNC2CC2)c1. The molecule has 0 unspecified atom stereocenters. The highest BCUT2D eigenvalue weighted by Gasteiger charge is 2.21. The summed E-state index contributed by atoms with van der Waals surface area (Å²) in [6.07, 6.45) is 2.57. The molecule has 1 saturated carbocycles. The quantitative estimate of drug-likeness (QED) is 0.789. The van der Waals surface area contributed by atoms with Gasteiger partial charge in [0.1, 0.15) is 12.4 Å². The molecule has 1 saturated heterocycles. The minimum atomic E-state index is 0.00345. The van der Waals surface area contributed by atoms with Gasteiger partial charge < -0.3 is 20.3 Å². The van der Waals surface area contributed by atoms with Crippen LogP contribution in [-0.4, -0.2) is 43.2 Å². The number of rotatable bonds is 7. The number of urea groups is 1. The van der Waals surface area contributed by atoms with Crippen LogP contribution in [0.1, 0.15) is 18.4 Å². The number of nitrogens with one attached hydrogen (secondary N) is 2. The number of carbonyl (C=O) groups is 1. The van der Waals surface area contributed by atoms with Crippen LogP contribution in [0.3, 0.4) is 0 Å². The molecule has 1 heterocycles. The fourth-order valence-electron chi connectivity index (χ4n) is 2.32. The Hall–Kier alpha value is -1.27. The fourth-order valence-corrected chi connectivity index (χ4v) is 2.70. The Balaban J connectivity index is 1.49. The standard InChI is InChI=1S/C15H20BrN3O2/c16-14-4-3-13(9-11(14)10-18-12-1-2-12)21-8-7-19-6-5-17-15(19)20/h3-4,9,12,18H,1-2,5-8,10H2,(H,17,20). The van der Waals surface area contributed by atoms with Crippen LogP contribution in [0.5, 0.6) is 5.75 Å². The summed E-state index contributed by atoms with van der Waals surface area (Å²) in [5.74, 6) is 0.852. The summed E-state index contributed by atoms with van der Waals surface area (Å²) in [6, 6.07) is 6.72. The van der Waals surface area contributed by atoms with Crippen LogP contribution in [0, 0.1) is 0 Å². The molecule has 1 aliphatic carbocycles. The van der Waals surface area contributed by atoms with Crippen molar-refractivity contribution in [3.8, 4) is 5.75 Å². The van der Waals surface area contributed by atoms with Crippen LogP contribution in [0.4, 0.5) is 4.79 Å². The summed E-state index contributed by atoms with van der Waals surface area (Å²) >= 11 is 3.57. The third-order valence-corrected chi connectivity index (χ3v) is 4.52. The normalized spacial score (nSPS) is 18.0. The van der Waals surface area contributed by atoms with Crippen molar-refractivity contribution in [3.63, 3.8) is 0 Å². The molecule has 6 heteroatoms. The van der Waals surface area contributed by atoms with Crippen molar-refractivity contribution in [2.45, 2.75) is 25.4 Å². The van der Waals surface area contributed by atoms with Gasteiger partial charge in [0, 0.05) is 30.1 Å². The van der Waals surface area contributed by atoms with E-state index < -0.39 is 0 Å². The van der Waals surface area contributed by atoms with Gasteiger partial charge >= 0.3 is 6.03 Å². The highest BCUT2D eigenvalue weighted by Crippen LogP contribution is 2.25. The summed E-state index contributed by atoms with van der Waals surface area (Å²) in [5.41, 5.74) is 1.21. The zero-order valence-electron chi connectivity index (χ0n) is 11.9. The molecule has 0 spiro atoms. The van der Waals surface area contributed by atoms with Gasteiger partial charge in [-0.05, 0) is 36.6 Å². The van der Waals surface area contributed by atoms with Crippen LogP contribution in [0.15, 0.2) is 22.7 Å². The highest BCUT2D eigenvalue weighted by molar-refractivity contribution is 9.10. The lowest BCUT2D eigenvalue weighted by atomic mass is 10.2. The monoisotopic (exact) mass is 353 g/mol. The summed E-state index contributed by atoms with van der Waals surface area (Å²) < 4.78 is 6.86. The summed E-state index contributed by atoms with van der Waals surface area (Å²) in [6.45, 7) is 3.49. The maximum atomic E-state index is 11.4. The van der Waals surface area contributed by atoms with E-state index in [0.29, 0.717) is 19.2 Å². The second-order valence-electron chi connectivity index (χ2n) is 5.48. The van der Waals surface area contributed by atoms with Gasteiger partial charge in [0.05, 0.1) is 6.54 Å². The molecule has 1 aromatic rings. The van der Waals surface area contributed by atoms with E-state index in [1.54, 1.807) is 4.90 Å². The lowest BCUT2D eigenvalue weighted by molar-refractivity contribution is 0.202. The van der Waals surface area contributed by atoms with Gasteiger partial charge in [0.25, 0.3) is 0 Å². The molecule has 0 bridgehead atoms. The highest BCUT2D eigenvalue weighted by atomic mass is 79.9.